The fourth-order valence-corrected chi connectivity index (χ4v) is 4.07. The van der Waals surface area contributed by atoms with Crippen molar-refractivity contribution in [3.8, 4) is 28.6 Å². The molecule has 5 rings (SSSR count). The number of nitrogens with zero attached hydrogens (tertiary/aromatic N) is 5. The Hall–Kier alpha value is -4.80. The molecule has 3 heterocycles. The summed E-state index contributed by atoms with van der Waals surface area (Å²) in [5.74, 6) is -0.385. The number of aryl methyl sites for hydroxylation is 3. The molecule has 4 aromatic rings. The van der Waals surface area contributed by atoms with Crippen LogP contribution in [-0.4, -0.2) is 51.3 Å². The van der Waals surface area contributed by atoms with Crippen LogP contribution in [0.25, 0.3) is 11.3 Å². The fraction of sp³-hybridized carbons (Fsp3) is 0.222. The lowest BCUT2D eigenvalue weighted by Crippen LogP contribution is -2.49. The zero-order chi connectivity index (χ0) is 27.0. The first-order valence-corrected chi connectivity index (χ1v) is 11.8. The minimum absolute atomic E-state index is 0.104. The van der Waals surface area contributed by atoms with Gasteiger partial charge in [0.05, 0.1) is 11.4 Å². The first-order chi connectivity index (χ1) is 18.2. The molecule has 2 aromatic heterocycles. The lowest BCUT2D eigenvalue weighted by atomic mass is 10.1. The summed E-state index contributed by atoms with van der Waals surface area (Å²) in [6, 6.07) is 10.5. The van der Waals surface area contributed by atoms with Gasteiger partial charge in [0.15, 0.2) is 0 Å². The molecule has 1 N–H and O–H groups in total. The highest BCUT2D eigenvalue weighted by Gasteiger charge is 2.32. The summed E-state index contributed by atoms with van der Waals surface area (Å²) in [4.78, 5) is 36.1. The van der Waals surface area contributed by atoms with Crippen LogP contribution in [0.1, 0.15) is 21.7 Å². The molecule has 0 aliphatic carbocycles. The molecule has 0 unspecified atom stereocenters. The first kappa shape index (κ1) is 24.9. The molecule has 0 fully saturated rings. The SMILES string of the molecule is Cc1ccc(-c2nc(C(=O)N[C@H]3COc4ccc(Oc5ccn(C)n5)cc4N(C)C3=O)ncc2C)c(F)c1. The summed E-state index contributed by atoms with van der Waals surface area (Å²) in [6.07, 6.45) is 3.20. The summed E-state index contributed by atoms with van der Waals surface area (Å²) >= 11 is 0. The van der Waals surface area contributed by atoms with Crippen molar-refractivity contribution >= 4 is 17.5 Å². The van der Waals surface area contributed by atoms with E-state index in [1.807, 2.05) is 0 Å². The molecule has 194 valence electrons. The first-order valence-electron chi connectivity index (χ1n) is 11.8. The lowest BCUT2D eigenvalue weighted by molar-refractivity contribution is -0.120. The Bertz CT molecular complexity index is 1550. The quantitative estimate of drug-likeness (QED) is 0.432. The third kappa shape index (κ3) is 4.90. The number of hydrogen-bond donors (Lipinski definition) is 1. The molecule has 0 saturated carbocycles. The van der Waals surface area contributed by atoms with Gasteiger partial charge in [0.2, 0.25) is 11.7 Å². The van der Waals surface area contributed by atoms with Crippen molar-refractivity contribution in [1.29, 1.82) is 0 Å². The van der Waals surface area contributed by atoms with E-state index >= 15 is 0 Å². The summed E-state index contributed by atoms with van der Waals surface area (Å²) in [7, 11) is 3.36. The van der Waals surface area contributed by atoms with E-state index in [-0.39, 0.29) is 18.0 Å². The van der Waals surface area contributed by atoms with Gasteiger partial charge in [0.1, 0.15) is 30.0 Å². The molecule has 10 nitrogen and oxygen atoms in total. The van der Waals surface area contributed by atoms with Crippen molar-refractivity contribution in [1.82, 2.24) is 25.1 Å². The highest BCUT2D eigenvalue weighted by molar-refractivity contribution is 6.02. The van der Waals surface area contributed by atoms with Crippen LogP contribution in [0.15, 0.2) is 54.9 Å². The van der Waals surface area contributed by atoms with Crippen LogP contribution in [0.5, 0.6) is 17.4 Å². The van der Waals surface area contributed by atoms with Crippen molar-refractivity contribution in [2.45, 2.75) is 19.9 Å². The second kappa shape index (κ2) is 9.92. The standard InChI is InChI=1S/C27H25FN6O4/c1-15-5-7-18(19(28)11-15)24-16(2)13-29-25(31-24)26(35)30-20-14-37-22-8-6-17(12-21(22)34(4)27(20)36)38-23-9-10-33(3)32-23/h5-13,20H,14H2,1-4H3,(H,30,35)/t20-/m0/s1. The highest BCUT2D eigenvalue weighted by Crippen LogP contribution is 2.35. The van der Waals surface area contributed by atoms with E-state index in [1.54, 1.807) is 75.2 Å². The number of anilines is 1. The molecular weight excluding hydrogens is 491 g/mol. The van der Waals surface area contributed by atoms with E-state index in [2.05, 4.69) is 20.4 Å². The predicted molar refractivity (Wildman–Crippen MR) is 137 cm³/mol. The maximum Gasteiger partial charge on any atom is 0.289 e. The maximum absolute atomic E-state index is 14.6. The van der Waals surface area contributed by atoms with Crippen LogP contribution in [0.4, 0.5) is 10.1 Å². The molecule has 2 aromatic carbocycles. The van der Waals surface area contributed by atoms with Crippen LogP contribution in [0, 0.1) is 19.7 Å². The Morgan fingerprint density at radius 3 is 2.71 bits per heavy atom. The van der Waals surface area contributed by atoms with E-state index in [0.717, 1.165) is 5.56 Å². The van der Waals surface area contributed by atoms with Crippen LogP contribution in [-0.2, 0) is 11.8 Å². The topological polar surface area (TPSA) is 111 Å². The number of carbonyl (C=O) groups excluding carboxylic acids is 2. The highest BCUT2D eigenvalue weighted by atomic mass is 19.1. The number of benzene rings is 2. The van der Waals surface area contributed by atoms with Gasteiger partial charge < -0.3 is 19.7 Å². The average Bonchev–Trinajstić information content (AvgIpc) is 3.26. The number of halogens is 1. The molecule has 11 heteroatoms. The van der Waals surface area contributed by atoms with Crippen molar-refractivity contribution in [2.75, 3.05) is 18.6 Å². The number of aromatic nitrogens is 4. The molecule has 1 aliphatic heterocycles. The fourth-order valence-electron chi connectivity index (χ4n) is 4.07. The molecule has 2 amide bonds. The third-order valence-corrected chi connectivity index (χ3v) is 6.10. The van der Waals surface area contributed by atoms with Crippen LogP contribution < -0.4 is 19.7 Å². The number of fused-ring (bicyclic) bond motifs is 1. The van der Waals surface area contributed by atoms with Crippen LogP contribution in [0.2, 0.25) is 0 Å². The molecular formula is C27H25FN6O4. The monoisotopic (exact) mass is 516 g/mol. The Labute approximate surface area is 218 Å². The Balaban J connectivity index is 1.34. The second-order valence-corrected chi connectivity index (χ2v) is 9.00. The summed E-state index contributed by atoms with van der Waals surface area (Å²) in [5, 5.41) is 6.84. The predicted octanol–water partition coefficient (Wildman–Crippen LogP) is 3.58. The summed E-state index contributed by atoms with van der Waals surface area (Å²) < 4.78 is 27.8. The number of ether oxygens (including phenoxy) is 2. The molecule has 1 aliphatic rings. The van der Waals surface area contributed by atoms with Gasteiger partial charge in [0.25, 0.3) is 11.8 Å². The number of rotatable bonds is 5. The van der Waals surface area contributed by atoms with E-state index in [9.17, 15) is 14.0 Å². The number of likely N-dealkylation sites (N-methyl/N-ethyl adjacent to an activating group) is 1. The summed E-state index contributed by atoms with van der Waals surface area (Å²) in [6.45, 7) is 3.42. The van der Waals surface area contributed by atoms with Crippen molar-refractivity contribution in [2.24, 2.45) is 7.05 Å². The van der Waals surface area contributed by atoms with Gasteiger partial charge in [-0.1, -0.05) is 6.07 Å². The molecule has 0 spiro atoms. The van der Waals surface area contributed by atoms with Crippen molar-refractivity contribution < 1.29 is 23.5 Å². The zero-order valence-electron chi connectivity index (χ0n) is 21.2. The van der Waals surface area contributed by atoms with Gasteiger partial charge in [-0.2, -0.15) is 0 Å². The molecule has 0 bridgehead atoms. The van der Waals surface area contributed by atoms with Gasteiger partial charge in [-0.3, -0.25) is 14.3 Å². The minimum atomic E-state index is -1.01. The van der Waals surface area contributed by atoms with Gasteiger partial charge in [-0.25, -0.2) is 14.4 Å². The Kier molecular flexibility index (Phi) is 6.50. The van der Waals surface area contributed by atoms with Crippen LogP contribution >= 0.6 is 0 Å². The minimum Gasteiger partial charge on any atom is -0.489 e. The van der Waals surface area contributed by atoms with Crippen molar-refractivity contribution in [3.63, 3.8) is 0 Å². The van der Waals surface area contributed by atoms with Gasteiger partial charge in [-0.05, 0) is 49.2 Å². The average molecular weight is 517 g/mol. The molecule has 1 atom stereocenters. The van der Waals surface area contributed by atoms with E-state index in [0.29, 0.717) is 34.3 Å². The maximum atomic E-state index is 14.6. The summed E-state index contributed by atoms with van der Waals surface area (Å²) in [5.41, 5.74) is 2.41. The molecule has 0 radical (unpaired) electrons. The lowest BCUT2D eigenvalue weighted by Gasteiger charge is -2.20. The third-order valence-electron chi connectivity index (χ3n) is 6.10. The molecule has 38 heavy (non-hydrogen) atoms. The number of nitrogens with one attached hydrogen (secondary N) is 1. The smallest absolute Gasteiger partial charge is 0.289 e. The Morgan fingerprint density at radius 1 is 1.16 bits per heavy atom. The Morgan fingerprint density at radius 2 is 1.97 bits per heavy atom. The number of carbonyl (C=O) groups is 2. The second-order valence-electron chi connectivity index (χ2n) is 9.00. The normalized spacial score (nSPS) is 14.9. The zero-order valence-corrected chi connectivity index (χ0v) is 21.2. The van der Waals surface area contributed by atoms with E-state index in [1.165, 1.54) is 17.2 Å². The van der Waals surface area contributed by atoms with Crippen LogP contribution in [0.3, 0.4) is 0 Å². The van der Waals surface area contributed by atoms with Gasteiger partial charge in [0, 0.05) is 44.2 Å². The number of amides is 2. The number of hydrogen-bond acceptors (Lipinski definition) is 7. The van der Waals surface area contributed by atoms with Gasteiger partial charge in [-0.15, -0.1) is 5.10 Å². The van der Waals surface area contributed by atoms with E-state index < -0.39 is 23.7 Å². The van der Waals surface area contributed by atoms with Crippen molar-refractivity contribution in [3.05, 3.63) is 77.6 Å². The van der Waals surface area contributed by atoms with E-state index in [4.69, 9.17) is 9.47 Å². The largest absolute Gasteiger partial charge is 0.489 e. The van der Waals surface area contributed by atoms with Gasteiger partial charge >= 0.3 is 0 Å². The molecule has 0 saturated heterocycles.